The highest BCUT2D eigenvalue weighted by atomic mass is 19.1. The molecule has 1 aliphatic rings. The summed E-state index contributed by atoms with van der Waals surface area (Å²) in [6.45, 7) is 0. The molecule has 0 aromatic heterocycles. The lowest BCUT2D eigenvalue weighted by Crippen LogP contribution is -2.14. The lowest BCUT2D eigenvalue weighted by molar-refractivity contribution is 0.558. The second kappa shape index (κ2) is 3.65. The van der Waals surface area contributed by atoms with Gasteiger partial charge in [0.05, 0.1) is 0 Å². The van der Waals surface area contributed by atoms with Crippen LogP contribution in [0, 0.1) is 11.6 Å². The fraction of sp³-hybridized carbons (Fsp3) is 0.455. The summed E-state index contributed by atoms with van der Waals surface area (Å²) in [4.78, 5) is 0. The molecule has 1 saturated carbocycles. The highest BCUT2D eigenvalue weighted by molar-refractivity contribution is 5.24. The molecule has 0 bridgehead atoms. The first-order chi connectivity index (χ1) is 6.66. The minimum atomic E-state index is -0.373. The summed E-state index contributed by atoms with van der Waals surface area (Å²) < 4.78 is 26.2. The molecule has 0 heterocycles. The van der Waals surface area contributed by atoms with Crippen molar-refractivity contribution in [3.05, 3.63) is 35.4 Å². The maximum Gasteiger partial charge on any atom is 0.126 e. The van der Waals surface area contributed by atoms with E-state index < -0.39 is 0 Å². The van der Waals surface area contributed by atoms with E-state index in [1.54, 1.807) is 0 Å². The number of hydrogen-bond donors (Lipinski definition) is 1. The Labute approximate surface area is 81.9 Å². The maximum absolute atomic E-state index is 13.3. The fourth-order valence-electron chi connectivity index (χ4n) is 2.13. The molecule has 0 aliphatic heterocycles. The average Bonchev–Trinajstić information content (AvgIpc) is 2.56. The molecule has 2 unspecified atom stereocenters. The second-order valence-electron chi connectivity index (χ2n) is 3.94. The Kier molecular flexibility index (Phi) is 2.50. The lowest BCUT2D eigenvalue weighted by atomic mass is 9.97. The lowest BCUT2D eigenvalue weighted by Gasteiger charge is -2.10. The van der Waals surface area contributed by atoms with Gasteiger partial charge in [0.1, 0.15) is 11.6 Å². The second-order valence-corrected chi connectivity index (χ2v) is 3.94. The normalized spacial score (nSPS) is 26.8. The Morgan fingerprint density at radius 3 is 2.64 bits per heavy atom. The van der Waals surface area contributed by atoms with E-state index in [1.807, 2.05) is 0 Å². The van der Waals surface area contributed by atoms with Gasteiger partial charge in [0.25, 0.3) is 0 Å². The summed E-state index contributed by atoms with van der Waals surface area (Å²) in [7, 11) is 0. The molecule has 3 heteroatoms. The predicted molar refractivity (Wildman–Crippen MR) is 50.9 cm³/mol. The Balaban J connectivity index is 2.27. The first-order valence-electron chi connectivity index (χ1n) is 4.87. The first-order valence-corrected chi connectivity index (χ1v) is 4.87. The average molecular weight is 197 g/mol. The van der Waals surface area contributed by atoms with E-state index in [0.29, 0.717) is 5.56 Å². The summed E-state index contributed by atoms with van der Waals surface area (Å²) in [5.74, 6) is -0.590. The zero-order chi connectivity index (χ0) is 10.1. The molecular formula is C11H13F2N. The van der Waals surface area contributed by atoms with Gasteiger partial charge in [0.15, 0.2) is 0 Å². The van der Waals surface area contributed by atoms with Crippen molar-refractivity contribution in [2.45, 2.75) is 31.2 Å². The zero-order valence-corrected chi connectivity index (χ0v) is 7.84. The van der Waals surface area contributed by atoms with Crippen LogP contribution in [0.1, 0.15) is 30.7 Å². The molecule has 14 heavy (non-hydrogen) atoms. The monoisotopic (exact) mass is 197 g/mol. The van der Waals surface area contributed by atoms with Gasteiger partial charge >= 0.3 is 0 Å². The summed E-state index contributed by atoms with van der Waals surface area (Å²) in [6.07, 6.45) is 2.53. The molecule has 1 aromatic carbocycles. The molecule has 1 fully saturated rings. The number of nitrogens with two attached hydrogens (primary N) is 1. The molecule has 0 saturated heterocycles. The molecule has 0 amide bonds. The van der Waals surface area contributed by atoms with E-state index in [9.17, 15) is 8.78 Å². The van der Waals surface area contributed by atoms with Crippen LogP contribution in [-0.4, -0.2) is 6.04 Å². The van der Waals surface area contributed by atoms with Crippen molar-refractivity contribution in [2.75, 3.05) is 0 Å². The number of halogens is 2. The molecule has 0 spiro atoms. The van der Waals surface area contributed by atoms with Crippen LogP contribution in [0.4, 0.5) is 8.78 Å². The van der Waals surface area contributed by atoms with Crippen molar-refractivity contribution in [1.82, 2.24) is 0 Å². The van der Waals surface area contributed by atoms with Gasteiger partial charge in [0.2, 0.25) is 0 Å². The van der Waals surface area contributed by atoms with Crippen molar-refractivity contribution < 1.29 is 8.78 Å². The van der Waals surface area contributed by atoms with E-state index in [4.69, 9.17) is 5.73 Å². The van der Waals surface area contributed by atoms with Gasteiger partial charge < -0.3 is 5.73 Å². The van der Waals surface area contributed by atoms with Gasteiger partial charge in [-0.3, -0.25) is 0 Å². The zero-order valence-electron chi connectivity index (χ0n) is 7.84. The Morgan fingerprint density at radius 2 is 2.00 bits per heavy atom. The summed E-state index contributed by atoms with van der Waals surface area (Å²) in [6, 6.07) is 3.77. The van der Waals surface area contributed by atoms with Crippen LogP contribution in [0.3, 0.4) is 0 Å². The van der Waals surface area contributed by atoms with E-state index in [1.165, 1.54) is 12.1 Å². The van der Waals surface area contributed by atoms with Crippen LogP contribution in [0.2, 0.25) is 0 Å². The highest BCUT2D eigenvalue weighted by Gasteiger charge is 2.25. The number of hydrogen-bond acceptors (Lipinski definition) is 1. The van der Waals surface area contributed by atoms with Gasteiger partial charge in [-0.2, -0.15) is 0 Å². The van der Waals surface area contributed by atoms with Gasteiger partial charge in [0, 0.05) is 6.04 Å². The maximum atomic E-state index is 13.3. The van der Waals surface area contributed by atoms with Crippen LogP contribution in [0.15, 0.2) is 18.2 Å². The molecule has 1 nitrogen and oxygen atoms in total. The largest absolute Gasteiger partial charge is 0.328 e. The third kappa shape index (κ3) is 1.77. The van der Waals surface area contributed by atoms with E-state index in [-0.39, 0.29) is 23.6 Å². The predicted octanol–water partition coefficient (Wildman–Crippen LogP) is 2.56. The van der Waals surface area contributed by atoms with Crippen molar-refractivity contribution in [3.63, 3.8) is 0 Å². The van der Waals surface area contributed by atoms with Crippen LogP contribution in [0.25, 0.3) is 0 Å². The number of rotatable bonds is 1. The Hall–Kier alpha value is -0.960. The van der Waals surface area contributed by atoms with Gasteiger partial charge in [-0.25, -0.2) is 8.78 Å². The molecule has 2 rings (SSSR count). The molecule has 0 radical (unpaired) electrons. The van der Waals surface area contributed by atoms with Crippen LogP contribution in [0.5, 0.6) is 0 Å². The molecule has 2 N–H and O–H groups in total. The molecule has 2 atom stereocenters. The van der Waals surface area contributed by atoms with Gasteiger partial charge in [-0.1, -0.05) is 0 Å². The van der Waals surface area contributed by atoms with Crippen LogP contribution in [-0.2, 0) is 0 Å². The van der Waals surface area contributed by atoms with E-state index in [0.717, 1.165) is 25.3 Å². The van der Waals surface area contributed by atoms with Crippen LogP contribution < -0.4 is 5.73 Å². The van der Waals surface area contributed by atoms with E-state index in [2.05, 4.69) is 0 Å². The number of benzene rings is 1. The summed E-state index contributed by atoms with van der Waals surface area (Å²) in [5.41, 5.74) is 6.22. The topological polar surface area (TPSA) is 26.0 Å². The molecule has 1 aliphatic carbocycles. The van der Waals surface area contributed by atoms with Crippen molar-refractivity contribution >= 4 is 0 Å². The third-order valence-corrected chi connectivity index (χ3v) is 2.87. The summed E-state index contributed by atoms with van der Waals surface area (Å²) in [5, 5.41) is 0. The van der Waals surface area contributed by atoms with E-state index >= 15 is 0 Å². The molecule has 76 valence electrons. The SMILES string of the molecule is NC1CCC(c2cc(F)ccc2F)C1. The van der Waals surface area contributed by atoms with Crippen molar-refractivity contribution in [3.8, 4) is 0 Å². The van der Waals surface area contributed by atoms with Crippen molar-refractivity contribution in [1.29, 1.82) is 0 Å². The Morgan fingerprint density at radius 1 is 1.21 bits per heavy atom. The standard InChI is InChI=1S/C11H13F2N/c12-8-2-4-11(13)10(6-8)7-1-3-9(14)5-7/h2,4,6-7,9H,1,3,5,14H2. The highest BCUT2D eigenvalue weighted by Crippen LogP contribution is 2.34. The fourth-order valence-corrected chi connectivity index (χ4v) is 2.13. The van der Waals surface area contributed by atoms with Crippen molar-refractivity contribution in [2.24, 2.45) is 5.73 Å². The minimum Gasteiger partial charge on any atom is -0.328 e. The molecule has 1 aromatic rings. The quantitative estimate of drug-likeness (QED) is 0.735. The summed E-state index contributed by atoms with van der Waals surface area (Å²) >= 11 is 0. The first kappa shape index (κ1) is 9.59. The van der Waals surface area contributed by atoms with Gasteiger partial charge in [-0.05, 0) is 48.9 Å². The van der Waals surface area contributed by atoms with Crippen LogP contribution >= 0.6 is 0 Å². The Bertz CT molecular complexity index is 338. The third-order valence-electron chi connectivity index (χ3n) is 2.87. The smallest absolute Gasteiger partial charge is 0.126 e. The molecular weight excluding hydrogens is 184 g/mol. The minimum absolute atomic E-state index is 0.0979. The van der Waals surface area contributed by atoms with Gasteiger partial charge in [-0.15, -0.1) is 0 Å².